The molecule has 0 aliphatic rings. The molecule has 0 aliphatic carbocycles. The predicted octanol–water partition coefficient (Wildman–Crippen LogP) is 4.25. The van der Waals surface area contributed by atoms with Gasteiger partial charge >= 0.3 is 0 Å². The van der Waals surface area contributed by atoms with Gasteiger partial charge in [-0.15, -0.1) is 0 Å². The van der Waals surface area contributed by atoms with Gasteiger partial charge < -0.3 is 15.4 Å². The zero-order chi connectivity index (χ0) is 15.2. The lowest BCUT2D eigenvalue weighted by molar-refractivity contribution is 0.414. The lowest BCUT2D eigenvalue weighted by atomic mass is 10.2. The van der Waals surface area contributed by atoms with Gasteiger partial charge in [0.15, 0.2) is 5.11 Å². The predicted molar refractivity (Wildman–Crippen MR) is 94.9 cm³/mol. The van der Waals surface area contributed by atoms with Crippen molar-refractivity contribution in [2.45, 2.75) is 13.5 Å². The molecule has 21 heavy (non-hydrogen) atoms. The van der Waals surface area contributed by atoms with E-state index < -0.39 is 0 Å². The number of methoxy groups -OCH3 is 1. The quantitative estimate of drug-likeness (QED) is 0.794. The fourth-order valence-electron chi connectivity index (χ4n) is 1.86. The second kappa shape index (κ2) is 7.43. The number of hydrogen-bond acceptors (Lipinski definition) is 2. The molecule has 2 N–H and O–H groups in total. The van der Waals surface area contributed by atoms with Crippen LogP contribution in [0.1, 0.15) is 11.1 Å². The Balaban J connectivity index is 1.91. The van der Waals surface area contributed by atoms with E-state index in [1.165, 1.54) is 0 Å². The minimum Gasteiger partial charge on any atom is -0.497 e. The van der Waals surface area contributed by atoms with Crippen LogP contribution in [0.2, 0.25) is 0 Å². The third kappa shape index (κ3) is 4.72. The van der Waals surface area contributed by atoms with Crippen LogP contribution in [0.15, 0.2) is 46.9 Å². The van der Waals surface area contributed by atoms with Crippen LogP contribution in [0.5, 0.6) is 5.75 Å². The SMILES string of the molecule is COc1cccc(CNC(=S)Nc2ccc(Br)c(C)c2)c1. The smallest absolute Gasteiger partial charge is 0.171 e. The van der Waals surface area contributed by atoms with Gasteiger partial charge in [0, 0.05) is 16.7 Å². The molecule has 2 aromatic carbocycles. The van der Waals surface area contributed by atoms with E-state index in [4.69, 9.17) is 17.0 Å². The van der Waals surface area contributed by atoms with Crippen molar-refractivity contribution >= 4 is 38.9 Å². The number of hydrogen-bond donors (Lipinski definition) is 2. The maximum absolute atomic E-state index is 5.31. The van der Waals surface area contributed by atoms with Gasteiger partial charge in [-0.25, -0.2) is 0 Å². The van der Waals surface area contributed by atoms with Crippen LogP contribution in [0.3, 0.4) is 0 Å². The molecule has 110 valence electrons. The van der Waals surface area contributed by atoms with E-state index in [1.807, 2.05) is 49.4 Å². The zero-order valence-electron chi connectivity index (χ0n) is 11.9. The highest BCUT2D eigenvalue weighted by molar-refractivity contribution is 9.10. The summed E-state index contributed by atoms with van der Waals surface area (Å²) in [5.41, 5.74) is 3.25. The molecule has 0 fully saturated rings. The topological polar surface area (TPSA) is 33.3 Å². The minimum atomic E-state index is 0.597. The Hall–Kier alpha value is -1.59. The summed E-state index contributed by atoms with van der Waals surface area (Å²) >= 11 is 8.79. The van der Waals surface area contributed by atoms with Crippen molar-refractivity contribution in [3.63, 3.8) is 0 Å². The van der Waals surface area contributed by atoms with Gasteiger partial charge in [-0.1, -0.05) is 28.1 Å². The molecule has 3 nitrogen and oxygen atoms in total. The van der Waals surface area contributed by atoms with E-state index in [-0.39, 0.29) is 0 Å². The number of anilines is 1. The van der Waals surface area contributed by atoms with Crippen molar-refractivity contribution in [3.05, 3.63) is 58.1 Å². The van der Waals surface area contributed by atoms with Crippen molar-refractivity contribution in [2.24, 2.45) is 0 Å². The monoisotopic (exact) mass is 364 g/mol. The van der Waals surface area contributed by atoms with E-state index in [0.717, 1.165) is 27.0 Å². The van der Waals surface area contributed by atoms with Crippen LogP contribution in [-0.2, 0) is 6.54 Å². The molecule has 0 unspecified atom stereocenters. The minimum absolute atomic E-state index is 0.597. The van der Waals surface area contributed by atoms with Gasteiger partial charge in [-0.05, 0) is 60.6 Å². The molecule has 0 saturated carbocycles. The molecule has 0 aliphatic heterocycles. The van der Waals surface area contributed by atoms with E-state index in [2.05, 4.69) is 26.6 Å². The van der Waals surface area contributed by atoms with Gasteiger partial charge in [0.2, 0.25) is 0 Å². The summed E-state index contributed by atoms with van der Waals surface area (Å²) < 4.78 is 6.29. The number of ether oxygens (including phenoxy) is 1. The second-order valence-corrected chi connectivity index (χ2v) is 5.89. The highest BCUT2D eigenvalue weighted by Crippen LogP contribution is 2.20. The third-order valence-electron chi connectivity index (χ3n) is 3.00. The van der Waals surface area contributed by atoms with E-state index in [9.17, 15) is 0 Å². The Morgan fingerprint density at radius 3 is 2.76 bits per heavy atom. The number of aryl methyl sites for hydroxylation is 1. The van der Waals surface area contributed by atoms with Crippen LogP contribution < -0.4 is 15.4 Å². The fourth-order valence-corrected chi connectivity index (χ4v) is 2.30. The normalized spacial score (nSPS) is 10.0. The molecule has 0 amide bonds. The third-order valence-corrected chi connectivity index (χ3v) is 4.14. The summed E-state index contributed by atoms with van der Waals surface area (Å²) in [6, 6.07) is 13.9. The lowest BCUT2D eigenvalue weighted by Crippen LogP contribution is -2.27. The number of rotatable bonds is 4. The standard InChI is InChI=1S/C16H17BrN2OS/c1-11-8-13(6-7-15(11)17)19-16(21)18-10-12-4-3-5-14(9-12)20-2/h3-9H,10H2,1-2H3,(H2,18,19,21). The van der Waals surface area contributed by atoms with Crippen molar-refractivity contribution in [3.8, 4) is 5.75 Å². The highest BCUT2D eigenvalue weighted by atomic mass is 79.9. The molecule has 0 atom stereocenters. The molecule has 0 spiro atoms. The molecule has 0 saturated heterocycles. The van der Waals surface area contributed by atoms with E-state index in [1.54, 1.807) is 7.11 Å². The van der Waals surface area contributed by atoms with Crippen LogP contribution in [-0.4, -0.2) is 12.2 Å². The number of halogens is 1. The molecule has 0 radical (unpaired) electrons. The Morgan fingerprint density at radius 1 is 1.24 bits per heavy atom. The molecule has 2 aromatic rings. The number of benzene rings is 2. The van der Waals surface area contributed by atoms with Gasteiger partial charge in [0.1, 0.15) is 5.75 Å². The Bertz CT molecular complexity index is 646. The molecular weight excluding hydrogens is 348 g/mol. The van der Waals surface area contributed by atoms with Crippen molar-refractivity contribution in [2.75, 3.05) is 12.4 Å². The molecule has 0 aromatic heterocycles. The first-order chi connectivity index (χ1) is 10.1. The Morgan fingerprint density at radius 2 is 2.05 bits per heavy atom. The van der Waals surface area contributed by atoms with E-state index in [0.29, 0.717) is 11.7 Å². The zero-order valence-corrected chi connectivity index (χ0v) is 14.3. The molecule has 2 rings (SSSR count). The average Bonchev–Trinajstić information content (AvgIpc) is 2.49. The fraction of sp³-hybridized carbons (Fsp3) is 0.188. The van der Waals surface area contributed by atoms with Crippen molar-refractivity contribution in [1.29, 1.82) is 0 Å². The van der Waals surface area contributed by atoms with Crippen LogP contribution >= 0.6 is 28.1 Å². The van der Waals surface area contributed by atoms with E-state index >= 15 is 0 Å². The largest absolute Gasteiger partial charge is 0.497 e. The maximum atomic E-state index is 5.31. The summed E-state index contributed by atoms with van der Waals surface area (Å²) in [4.78, 5) is 0. The molecular formula is C16H17BrN2OS. The summed E-state index contributed by atoms with van der Waals surface area (Å²) in [5.74, 6) is 0.844. The second-order valence-electron chi connectivity index (χ2n) is 4.62. The van der Waals surface area contributed by atoms with Crippen LogP contribution in [0, 0.1) is 6.92 Å². The van der Waals surface area contributed by atoms with Crippen LogP contribution in [0.25, 0.3) is 0 Å². The molecule has 0 bridgehead atoms. The first kappa shape index (κ1) is 15.8. The average molecular weight is 365 g/mol. The summed E-state index contributed by atoms with van der Waals surface area (Å²) in [6.45, 7) is 2.69. The number of thiocarbonyl (C=S) groups is 1. The van der Waals surface area contributed by atoms with Crippen molar-refractivity contribution < 1.29 is 4.74 Å². The summed E-state index contributed by atoms with van der Waals surface area (Å²) in [6.07, 6.45) is 0. The van der Waals surface area contributed by atoms with Gasteiger partial charge in [0.25, 0.3) is 0 Å². The van der Waals surface area contributed by atoms with Gasteiger partial charge in [0.05, 0.1) is 7.11 Å². The lowest BCUT2D eigenvalue weighted by Gasteiger charge is -2.12. The molecule has 5 heteroatoms. The summed E-state index contributed by atoms with van der Waals surface area (Å²) in [7, 11) is 1.66. The first-order valence-corrected chi connectivity index (χ1v) is 7.72. The summed E-state index contributed by atoms with van der Waals surface area (Å²) in [5, 5.41) is 6.96. The first-order valence-electron chi connectivity index (χ1n) is 6.52. The molecule has 0 heterocycles. The number of nitrogens with one attached hydrogen (secondary N) is 2. The van der Waals surface area contributed by atoms with Crippen molar-refractivity contribution in [1.82, 2.24) is 5.32 Å². The Labute approximate surface area is 138 Å². The Kier molecular flexibility index (Phi) is 5.59. The van der Waals surface area contributed by atoms with Gasteiger partial charge in [-0.2, -0.15) is 0 Å². The van der Waals surface area contributed by atoms with Gasteiger partial charge in [-0.3, -0.25) is 0 Å². The highest BCUT2D eigenvalue weighted by Gasteiger charge is 2.01. The maximum Gasteiger partial charge on any atom is 0.171 e. The van der Waals surface area contributed by atoms with Crippen LogP contribution in [0.4, 0.5) is 5.69 Å².